The number of hydrogen-bond donors (Lipinski definition) is 1. The zero-order chi connectivity index (χ0) is 12.3. The first-order valence-corrected chi connectivity index (χ1v) is 7.13. The monoisotopic (exact) mass is 234 g/mol. The van der Waals surface area contributed by atoms with Crippen molar-refractivity contribution >= 4 is 0 Å². The molecule has 0 aromatic carbocycles. The summed E-state index contributed by atoms with van der Waals surface area (Å²) in [5.41, 5.74) is 5.54. The van der Waals surface area contributed by atoms with E-state index in [1.165, 1.54) is 44.9 Å². The smallest absolute Gasteiger partial charge is 0.0465 e. The first-order chi connectivity index (χ1) is 8.13. The second kappa shape index (κ2) is 5.39. The van der Waals surface area contributed by atoms with Crippen molar-refractivity contribution in [2.24, 2.45) is 5.41 Å². The van der Waals surface area contributed by atoms with Crippen molar-refractivity contribution in [2.75, 3.05) is 6.61 Å². The summed E-state index contributed by atoms with van der Waals surface area (Å²) in [6.07, 6.45) is 12.2. The lowest BCUT2D eigenvalue weighted by molar-refractivity contribution is 0.302. The zero-order valence-corrected chi connectivity index (χ0v) is 11.4. The van der Waals surface area contributed by atoms with Gasteiger partial charge in [0.05, 0.1) is 0 Å². The fraction of sp³-hybridized carbons (Fsp3) is 0.750. The second-order valence-corrected chi connectivity index (χ2v) is 6.19. The van der Waals surface area contributed by atoms with Gasteiger partial charge in [-0.3, -0.25) is 0 Å². The Morgan fingerprint density at radius 3 is 2.65 bits per heavy atom. The Bertz CT molecular complexity index is 333. The SMILES string of the molecule is CC1(C)CCCC2=C1CC/C(=C\CCO)CC2. The maximum absolute atomic E-state index is 8.90. The molecule has 0 spiro atoms. The Labute approximate surface area is 106 Å². The van der Waals surface area contributed by atoms with Gasteiger partial charge in [0.15, 0.2) is 0 Å². The highest BCUT2D eigenvalue weighted by atomic mass is 16.2. The highest BCUT2D eigenvalue weighted by Gasteiger charge is 2.30. The lowest BCUT2D eigenvalue weighted by Gasteiger charge is -2.34. The molecular weight excluding hydrogens is 208 g/mol. The van der Waals surface area contributed by atoms with Gasteiger partial charge < -0.3 is 5.11 Å². The van der Waals surface area contributed by atoms with Gasteiger partial charge in [-0.25, -0.2) is 0 Å². The van der Waals surface area contributed by atoms with Crippen LogP contribution in [0.25, 0.3) is 0 Å². The van der Waals surface area contributed by atoms with E-state index in [0.717, 1.165) is 6.42 Å². The Morgan fingerprint density at radius 1 is 1.12 bits per heavy atom. The molecule has 0 unspecified atom stereocenters. The van der Waals surface area contributed by atoms with Gasteiger partial charge in [0.25, 0.3) is 0 Å². The normalized spacial score (nSPS) is 26.9. The van der Waals surface area contributed by atoms with E-state index in [-0.39, 0.29) is 0 Å². The minimum absolute atomic E-state index is 0.294. The molecular formula is C16H26O. The van der Waals surface area contributed by atoms with E-state index < -0.39 is 0 Å². The Hall–Kier alpha value is -0.560. The molecule has 96 valence electrons. The predicted octanol–water partition coefficient (Wildman–Crippen LogP) is 4.38. The Morgan fingerprint density at radius 2 is 1.88 bits per heavy atom. The Kier molecular flexibility index (Phi) is 4.09. The van der Waals surface area contributed by atoms with Crippen LogP contribution in [0, 0.1) is 5.41 Å². The molecule has 2 aliphatic carbocycles. The molecule has 0 aliphatic heterocycles. The molecule has 0 amide bonds. The highest BCUT2D eigenvalue weighted by Crippen LogP contribution is 2.46. The third-order valence-corrected chi connectivity index (χ3v) is 4.53. The van der Waals surface area contributed by atoms with Crippen molar-refractivity contribution in [3.63, 3.8) is 0 Å². The lowest BCUT2D eigenvalue weighted by atomic mass is 9.71. The summed E-state index contributed by atoms with van der Waals surface area (Å²) in [6, 6.07) is 0. The number of allylic oxidation sites excluding steroid dienone is 3. The first-order valence-electron chi connectivity index (χ1n) is 7.13. The largest absolute Gasteiger partial charge is 0.396 e. The van der Waals surface area contributed by atoms with Crippen LogP contribution in [-0.2, 0) is 0 Å². The lowest BCUT2D eigenvalue weighted by Crippen LogP contribution is -2.20. The van der Waals surface area contributed by atoms with Crippen LogP contribution >= 0.6 is 0 Å². The summed E-state index contributed by atoms with van der Waals surface area (Å²) >= 11 is 0. The predicted molar refractivity (Wildman–Crippen MR) is 72.9 cm³/mol. The quantitative estimate of drug-likeness (QED) is 0.703. The van der Waals surface area contributed by atoms with Crippen molar-refractivity contribution in [2.45, 2.75) is 65.2 Å². The molecule has 0 saturated carbocycles. The van der Waals surface area contributed by atoms with Crippen molar-refractivity contribution in [1.82, 2.24) is 0 Å². The molecule has 2 rings (SSSR count). The maximum Gasteiger partial charge on any atom is 0.0465 e. The van der Waals surface area contributed by atoms with Gasteiger partial charge in [0.2, 0.25) is 0 Å². The van der Waals surface area contributed by atoms with Crippen LogP contribution in [0.5, 0.6) is 0 Å². The van der Waals surface area contributed by atoms with Gasteiger partial charge in [0, 0.05) is 6.61 Å². The van der Waals surface area contributed by atoms with Crippen LogP contribution in [0.15, 0.2) is 22.8 Å². The molecule has 0 heterocycles. The number of rotatable bonds is 2. The van der Waals surface area contributed by atoms with Crippen LogP contribution in [0.2, 0.25) is 0 Å². The summed E-state index contributed by atoms with van der Waals surface area (Å²) in [7, 11) is 0. The molecule has 2 aliphatic rings. The Balaban J connectivity index is 2.10. The summed E-state index contributed by atoms with van der Waals surface area (Å²) in [4.78, 5) is 0. The number of hydrogen-bond acceptors (Lipinski definition) is 1. The van der Waals surface area contributed by atoms with E-state index in [1.807, 2.05) is 0 Å². The minimum Gasteiger partial charge on any atom is -0.396 e. The maximum atomic E-state index is 8.90. The van der Waals surface area contributed by atoms with Crippen LogP contribution in [-0.4, -0.2) is 11.7 Å². The minimum atomic E-state index is 0.294. The van der Waals surface area contributed by atoms with Gasteiger partial charge in [-0.05, 0) is 56.8 Å². The molecule has 1 N–H and O–H groups in total. The fourth-order valence-corrected chi connectivity index (χ4v) is 3.51. The van der Waals surface area contributed by atoms with Crippen LogP contribution in [0.4, 0.5) is 0 Å². The van der Waals surface area contributed by atoms with E-state index in [1.54, 1.807) is 16.7 Å². The molecule has 1 nitrogen and oxygen atoms in total. The second-order valence-electron chi connectivity index (χ2n) is 6.19. The van der Waals surface area contributed by atoms with Crippen LogP contribution in [0.3, 0.4) is 0 Å². The summed E-state index contributed by atoms with van der Waals surface area (Å²) in [6.45, 7) is 5.13. The molecule has 0 aromatic rings. The number of aliphatic hydroxyl groups excluding tert-OH is 1. The molecule has 17 heavy (non-hydrogen) atoms. The van der Waals surface area contributed by atoms with Gasteiger partial charge >= 0.3 is 0 Å². The highest BCUT2D eigenvalue weighted by molar-refractivity contribution is 5.28. The average Bonchev–Trinajstić information content (AvgIpc) is 2.49. The third kappa shape index (κ3) is 3.01. The van der Waals surface area contributed by atoms with Gasteiger partial charge in [-0.1, -0.05) is 36.6 Å². The van der Waals surface area contributed by atoms with E-state index in [9.17, 15) is 0 Å². The van der Waals surface area contributed by atoms with Gasteiger partial charge in [0.1, 0.15) is 0 Å². The van der Waals surface area contributed by atoms with Crippen molar-refractivity contribution in [1.29, 1.82) is 0 Å². The van der Waals surface area contributed by atoms with Gasteiger partial charge in [-0.2, -0.15) is 0 Å². The van der Waals surface area contributed by atoms with Crippen LogP contribution < -0.4 is 0 Å². The van der Waals surface area contributed by atoms with Crippen molar-refractivity contribution in [3.05, 3.63) is 22.8 Å². The average molecular weight is 234 g/mol. The molecule has 0 aromatic heterocycles. The summed E-state index contributed by atoms with van der Waals surface area (Å²) in [5, 5.41) is 8.90. The fourth-order valence-electron chi connectivity index (χ4n) is 3.51. The standard InChI is InChI=1S/C16H26O/c1-16(2)11-3-6-14-9-7-13(5-4-12-17)8-10-15(14)16/h5,17H,3-4,6-12H2,1-2H3/b13-5-. The summed E-state index contributed by atoms with van der Waals surface area (Å²) < 4.78 is 0. The molecule has 0 fully saturated rings. The summed E-state index contributed by atoms with van der Waals surface area (Å²) in [5.74, 6) is 0. The van der Waals surface area contributed by atoms with E-state index in [0.29, 0.717) is 12.0 Å². The van der Waals surface area contributed by atoms with Crippen LogP contribution in [0.1, 0.15) is 65.2 Å². The van der Waals surface area contributed by atoms with Crippen molar-refractivity contribution < 1.29 is 5.11 Å². The number of aliphatic hydroxyl groups is 1. The molecule has 0 bridgehead atoms. The molecule has 0 atom stereocenters. The van der Waals surface area contributed by atoms with Crippen molar-refractivity contribution in [3.8, 4) is 0 Å². The van der Waals surface area contributed by atoms with E-state index in [4.69, 9.17) is 5.11 Å². The third-order valence-electron chi connectivity index (χ3n) is 4.53. The molecule has 0 saturated heterocycles. The zero-order valence-electron chi connectivity index (χ0n) is 11.4. The first kappa shape index (κ1) is 12.9. The topological polar surface area (TPSA) is 20.2 Å². The van der Waals surface area contributed by atoms with E-state index >= 15 is 0 Å². The molecule has 0 radical (unpaired) electrons. The molecule has 1 heteroatoms. The van der Waals surface area contributed by atoms with E-state index in [2.05, 4.69) is 19.9 Å². The van der Waals surface area contributed by atoms with Gasteiger partial charge in [-0.15, -0.1) is 0 Å².